The third-order valence-electron chi connectivity index (χ3n) is 3.53. The van der Waals surface area contributed by atoms with Gasteiger partial charge in [0.15, 0.2) is 0 Å². The molecule has 5 nitrogen and oxygen atoms in total. The SMILES string of the molecule is C[C@@]1(C(N)=O)CCN(C(=O)OCc2ccccc2)C1. The van der Waals surface area contributed by atoms with Crippen LogP contribution in [0.4, 0.5) is 4.79 Å². The average Bonchev–Trinajstić information content (AvgIpc) is 2.81. The number of carbonyl (C=O) groups excluding carboxylic acids is 2. The lowest BCUT2D eigenvalue weighted by molar-refractivity contribution is -0.126. The molecular weight excluding hydrogens is 244 g/mol. The Morgan fingerprint density at radius 3 is 2.63 bits per heavy atom. The average molecular weight is 262 g/mol. The lowest BCUT2D eigenvalue weighted by atomic mass is 9.89. The van der Waals surface area contributed by atoms with E-state index in [9.17, 15) is 9.59 Å². The van der Waals surface area contributed by atoms with E-state index in [0.717, 1.165) is 5.56 Å². The number of hydrogen-bond acceptors (Lipinski definition) is 3. The summed E-state index contributed by atoms with van der Waals surface area (Å²) in [6.45, 7) is 2.85. The molecule has 0 bridgehead atoms. The quantitative estimate of drug-likeness (QED) is 0.897. The van der Waals surface area contributed by atoms with Crippen LogP contribution in [0.3, 0.4) is 0 Å². The summed E-state index contributed by atoms with van der Waals surface area (Å²) < 4.78 is 5.22. The fourth-order valence-corrected chi connectivity index (χ4v) is 2.13. The Labute approximate surface area is 112 Å². The number of primary amides is 1. The van der Waals surface area contributed by atoms with Crippen molar-refractivity contribution in [2.24, 2.45) is 11.1 Å². The second-order valence-electron chi connectivity index (χ2n) is 5.14. The molecule has 5 heteroatoms. The third-order valence-corrected chi connectivity index (χ3v) is 3.53. The first-order valence-electron chi connectivity index (χ1n) is 6.27. The molecule has 0 aliphatic carbocycles. The zero-order chi connectivity index (χ0) is 13.9. The molecular formula is C14H18N2O3. The maximum absolute atomic E-state index is 11.9. The Balaban J connectivity index is 1.87. The molecule has 1 saturated heterocycles. The van der Waals surface area contributed by atoms with Gasteiger partial charge >= 0.3 is 6.09 Å². The van der Waals surface area contributed by atoms with E-state index in [1.54, 1.807) is 6.92 Å². The summed E-state index contributed by atoms with van der Waals surface area (Å²) in [6, 6.07) is 9.48. The van der Waals surface area contributed by atoms with Crippen molar-refractivity contribution in [2.45, 2.75) is 20.0 Å². The molecule has 0 saturated carbocycles. The van der Waals surface area contributed by atoms with Crippen LogP contribution < -0.4 is 5.73 Å². The van der Waals surface area contributed by atoms with E-state index in [4.69, 9.17) is 10.5 Å². The molecule has 1 aliphatic heterocycles. The highest BCUT2D eigenvalue weighted by molar-refractivity contribution is 5.82. The van der Waals surface area contributed by atoms with Gasteiger partial charge in [-0.2, -0.15) is 0 Å². The van der Waals surface area contributed by atoms with Crippen molar-refractivity contribution in [1.82, 2.24) is 4.90 Å². The van der Waals surface area contributed by atoms with Crippen molar-refractivity contribution >= 4 is 12.0 Å². The molecule has 1 atom stereocenters. The van der Waals surface area contributed by atoms with Crippen LogP contribution in [-0.4, -0.2) is 30.0 Å². The molecule has 2 amide bonds. The van der Waals surface area contributed by atoms with Crippen LogP contribution in [0, 0.1) is 5.41 Å². The topological polar surface area (TPSA) is 72.6 Å². The summed E-state index contributed by atoms with van der Waals surface area (Å²) >= 11 is 0. The first-order valence-corrected chi connectivity index (χ1v) is 6.27. The molecule has 1 aromatic carbocycles. The van der Waals surface area contributed by atoms with Gasteiger partial charge in [0, 0.05) is 13.1 Å². The highest BCUT2D eigenvalue weighted by Gasteiger charge is 2.41. The fraction of sp³-hybridized carbons (Fsp3) is 0.429. The third kappa shape index (κ3) is 3.05. The molecule has 1 aliphatic rings. The predicted molar refractivity (Wildman–Crippen MR) is 70.1 cm³/mol. The smallest absolute Gasteiger partial charge is 0.410 e. The van der Waals surface area contributed by atoms with Crippen molar-refractivity contribution in [1.29, 1.82) is 0 Å². The van der Waals surface area contributed by atoms with Gasteiger partial charge in [-0.3, -0.25) is 4.79 Å². The first kappa shape index (κ1) is 13.4. The number of ether oxygens (including phenoxy) is 1. The number of benzene rings is 1. The van der Waals surface area contributed by atoms with Crippen LogP contribution in [0.5, 0.6) is 0 Å². The van der Waals surface area contributed by atoms with Crippen LogP contribution in [0.1, 0.15) is 18.9 Å². The molecule has 1 heterocycles. The summed E-state index contributed by atoms with van der Waals surface area (Å²) in [7, 11) is 0. The van der Waals surface area contributed by atoms with Crippen LogP contribution in [0.25, 0.3) is 0 Å². The summed E-state index contributed by atoms with van der Waals surface area (Å²) in [5, 5.41) is 0. The van der Waals surface area contributed by atoms with Gasteiger partial charge in [-0.25, -0.2) is 4.79 Å². The van der Waals surface area contributed by atoms with E-state index in [2.05, 4.69) is 0 Å². The van der Waals surface area contributed by atoms with Gasteiger partial charge < -0.3 is 15.4 Å². The summed E-state index contributed by atoms with van der Waals surface area (Å²) in [5.74, 6) is -0.370. The number of nitrogens with two attached hydrogens (primary N) is 1. The van der Waals surface area contributed by atoms with E-state index in [1.807, 2.05) is 30.3 Å². The standard InChI is InChI=1S/C14H18N2O3/c1-14(12(15)17)7-8-16(10-14)13(18)19-9-11-5-3-2-4-6-11/h2-6H,7-10H2,1H3,(H2,15,17)/t14-/m1/s1. The minimum Gasteiger partial charge on any atom is -0.445 e. The zero-order valence-electron chi connectivity index (χ0n) is 11.0. The highest BCUT2D eigenvalue weighted by Crippen LogP contribution is 2.29. The summed E-state index contributed by atoms with van der Waals surface area (Å²) in [5.41, 5.74) is 5.65. The normalized spacial score (nSPS) is 22.3. The Morgan fingerprint density at radius 1 is 1.37 bits per heavy atom. The second-order valence-corrected chi connectivity index (χ2v) is 5.14. The number of carbonyl (C=O) groups is 2. The number of nitrogens with zero attached hydrogens (tertiary/aromatic N) is 1. The van der Waals surface area contributed by atoms with Crippen molar-refractivity contribution in [3.05, 3.63) is 35.9 Å². The van der Waals surface area contributed by atoms with Crippen LogP contribution in [-0.2, 0) is 16.1 Å². The molecule has 2 rings (SSSR count). The van der Waals surface area contributed by atoms with E-state index in [1.165, 1.54) is 4.90 Å². The molecule has 1 fully saturated rings. The summed E-state index contributed by atoms with van der Waals surface area (Å²) in [6.07, 6.45) is 0.191. The molecule has 0 radical (unpaired) electrons. The van der Waals surface area contributed by atoms with Crippen molar-refractivity contribution in [3.8, 4) is 0 Å². The van der Waals surface area contributed by atoms with Gasteiger partial charge in [0.1, 0.15) is 6.61 Å². The monoisotopic (exact) mass is 262 g/mol. The van der Waals surface area contributed by atoms with E-state index in [0.29, 0.717) is 19.5 Å². The number of amides is 2. The predicted octanol–water partition coefficient (Wildman–Crippen LogP) is 1.52. The Kier molecular flexibility index (Phi) is 3.74. The second kappa shape index (κ2) is 5.30. The van der Waals surface area contributed by atoms with Crippen LogP contribution in [0.15, 0.2) is 30.3 Å². The van der Waals surface area contributed by atoms with Crippen LogP contribution >= 0.6 is 0 Å². The van der Waals surface area contributed by atoms with Crippen molar-refractivity contribution in [2.75, 3.05) is 13.1 Å². The Bertz CT molecular complexity index is 475. The number of rotatable bonds is 3. The van der Waals surface area contributed by atoms with Gasteiger partial charge in [-0.05, 0) is 18.9 Å². The zero-order valence-corrected chi connectivity index (χ0v) is 11.0. The Hall–Kier alpha value is -2.04. The lowest BCUT2D eigenvalue weighted by Crippen LogP contribution is -2.38. The largest absolute Gasteiger partial charge is 0.445 e. The minimum atomic E-state index is -0.633. The summed E-state index contributed by atoms with van der Waals surface area (Å²) in [4.78, 5) is 24.7. The molecule has 1 aromatic rings. The number of hydrogen-bond donors (Lipinski definition) is 1. The first-order chi connectivity index (χ1) is 9.01. The Morgan fingerprint density at radius 2 is 2.05 bits per heavy atom. The number of likely N-dealkylation sites (tertiary alicyclic amines) is 1. The van der Waals surface area contributed by atoms with Gasteiger partial charge in [0.05, 0.1) is 5.41 Å². The van der Waals surface area contributed by atoms with E-state index >= 15 is 0 Å². The molecule has 102 valence electrons. The maximum atomic E-state index is 11.9. The molecule has 0 unspecified atom stereocenters. The van der Waals surface area contributed by atoms with Gasteiger partial charge in [0.25, 0.3) is 0 Å². The van der Waals surface area contributed by atoms with Gasteiger partial charge in [-0.1, -0.05) is 30.3 Å². The van der Waals surface area contributed by atoms with Crippen LogP contribution in [0.2, 0.25) is 0 Å². The lowest BCUT2D eigenvalue weighted by Gasteiger charge is -2.20. The van der Waals surface area contributed by atoms with E-state index < -0.39 is 11.5 Å². The van der Waals surface area contributed by atoms with E-state index in [-0.39, 0.29) is 12.5 Å². The van der Waals surface area contributed by atoms with Gasteiger partial charge in [-0.15, -0.1) is 0 Å². The van der Waals surface area contributed by atoms with Crippen molar-refractivity contribution in [3.63, 3.8) is 0 Å². The van der Waals surface area contributed by atoms with Crippen molar-refractivity contribution < 1.29 is 14.3 Å². The molecule has 0 aromatic heterocycles. The minimum absolute atomic E-state index is 0.240. The molecule has 19 heavy (non-hydrogen) atoms. The molecule has 0 spiro atoms. The molecule has 2 N–H and O–H groups in total. The highest BCUT2D eigenvalue weighted by atomic mass is 16.6. The maximum Gasteiger partial charge on any atom is 0.410 e. The van der Waals surface area contributed by atoms with Gasteiger partial charge in [0.2, 0.25) is 5.91 Å². The fourth-order valence-electron chi connectivity index (χ4n) is 2.13.